The summed E-state index contributed by atoms with van der Waals surface area (Å²) in [6.45, 7) is 1.07. The van der Waals surface area contributed by atoms with Gasteiger partial charge in [0.05, 0.1) is 32.0 Å². The number of hydrogen-bond acceptors (Lipinski definition) is 6. The highest BCUT2D eigenvalue weighted by Crippen LogP contribution is 2.35. The molecule has 1 aliphatic rings. The molecular formula is C20H22Br2N2O5. The molecule has 3 rings (SSSR count). The van der Waals surface area contributed by atoms with E-state index in [4.69, 9.17) is 14.6 Å². The average Bonchev–Trinajstić information content (AvgIpc) is 2.69. The van der Waals surface area contributed by atoms with Crippen LogP contribution in [-0.4, -0.2) is 44.2 Å². The third-order valence-corrected chi connectivity index (χ3v) is 5.01. The molecular weight excluding hydrogens is 508 g/mol. The fraction of sp³-hybridized carbons (Fsp3) is 0.300. The molecule has 0 atom stereocenters. The number of rotatable bonds is 6. The van der Waals surface area contributed by atoms with Crippen LogP contribution in [0.2, 0.25) is 0 Å². The molecule has 7 nitrogen and oxygen atoms in total. The maximum absolute atomic E-state index is 11.6. The number of hydrogen-bond donors (Lipinski definition) is 3. The lowest BCUT2D eigenvalue weighted by Crippen LogP contribution is -2.18. The predicted molar refractivity (Wildman–Crippen MR) is 120 cm³/mol. The number of benzene rings is 2. The molecule has 9 heteroatoms. The van der Waals surface area contributed by atoms with Gasteiger partial charge in [0, 0.05) is 34.0 Å². The van der Waals surface area contributed by atoms with Crippen molar-refractivity contribution in [2.75, 3.05) is 37.9 Å². The molecule has 1 heterocycles. The number of Topliss-reactive ketones (excluding diaryl/α,β-unsaturated/α-hetero) is 1. The molecule has 0 aromatic heterocycles. The van der Waals surface area contributed by atoms with Crippen LogP contribution in [0.3, 0.4) is 0 Å². The summed E-state index contributed by atoms with van der Waals surface area (Å²) in [5.41, 5.74) is 2.32. The highest BCUT2D eigenvalue weighted by atomic mass is 79.9. The Bertz CT molecular complexity index is 889. The largest absolute Gasteiger partial charge is 0.495 e. The quantitative estimate of drug-likeness (QED) is 0.494. The molecule has 29 heavy (non-hydrogen) atoms. The van der Waals surface area contributed by atoms with Crippen LogP contribution < -0.4 is 20.1 Å². The van der Waals surface area contributed by atoms with Crippen LogP contribution in [0.1, 0.15) is 23.2 Å². The molecule has 0 unspecified atom stereocenters. The summed E-state index contributed by atoms with van der Waals surface area (Å²) in [5.74, 6) is 0.745. The van der Waals surface area contributed by atoms with Crippen molar-refractivity contribution in [1.29, 1.82) is 0 Å². The van der Waals surface area contributed by atoms with E-state index >= 15 is 0 Å². The Balaban J connectivity index is 0.000000207. The Morgan fingerprint density at radius 2 is 1.83 bits per heavy atom. The van der Waals surface area contributed by atoms with Crippen LogP contribution in [0.15, 0.2) is 39.3 Å². The first-order valence-electron chi connectivity index (χ1n) is 8.79. The van der Waals surface area contributed by atoms with Gasteiger partial charge in [0.15, 0.2) is 5.78 Å². The average molecular weight is 530 g/mol. The lowest BCUT2D eigenvalue weighted by molar-refractivity contribution is -0.136. The van der Waals surface area contributed by atoms with Gasteiger partial charge in [-0.3, -0.25) is 9.59 Å². The molecule has 0 saturated carbocycles. The van der Waals surface area contributed by atoms with Gasteiger partial charge in [-0.2, -0.15) is 0 Å². The predicted octanol–water partition coefficient (Wildman–Crippen LogP) is 4.80. The molecule has 0 spiro atoms. The number of fused-ring (bicyclic) bond motifs is 1. The third kappa shape index (κ3) is 6.64. The van der Waals surface area contributed by atoms with Gasteiger partial charge in [-0.05, 0) is 30.3 Å². The summed E-state index contributed by atoms with van der Waals surface area (Å²) in [6, 6.07) is 9.20. The van der Waals surface area contributed by atoms with E-state index in [1.807, 2.05) is 30.3 Å². The molecule has 3 N–H and O–H groups in total. The summed E-state index contributed by atoms with van der Waals surface area (Å²) < 4.78 is 12.1. The summed E-state index contributed by atoms with van der Waals surface area (Å²) in [4.78, 5) is 21.9. The Labute approximate surface area is 186 Å². The molecule has 0 bridgehead atoms. The summed E-state index contributed by atoms with van der Waals surface area (Å²) in [6.07, 6.45) is 0.631. The lowest BCUT2D eigenvalue weighted by atomic mass is 10.0. The number of methoxy groups -OCH3 is 2. The fourth-order valence-corrected chi connectivity index (χ4v) is 3.47. The topological polar surface area (TPSA) is 96.9 Å². The lowest BCUT2D eigenvalue weighted by Gasteiger charge is -2.19. The maximum atomic E-state index is 11.6. The summed E-state index contributed by atoms with van der Waals surface area (Å²) in [5, 5.41) is 14.7. The van der Waals surface area contributed by atoms with Crippen LogP contribution in [-0.2, 0) is 4.79 Å². The number of carbonyl (C=O) groups is 2. The van der Waals surface area contributed by atoms with Crippen molar-refractivity contribution in [3.8, 4) is 11.5 Å². The van der Waals surface area contributed by atoms with E-state index in [1.54, 1.807) is 14.2 Å². The van der Waals surface area contributed by atoms with E-state index < -0.39 is 5.97 Å². The van der Waals surface area contributed by atoms with Crippen LogP contribution in [0.25, 0.3) is 0 Å². The number of ether oxygens (including phenoxy) is 2. The number of halogens is 2. The Morgan fingerprint density at radius 1 is 1.14 bits per heavy atom. The zero-order chi connectivity index (χ0) is 21.4. The van der Waals surface area contributed by atoms with E-state index in [9.17, 15) is 9.59 Å². The second-order valence-electron chi connectivity index (χ2n) is 6.05. The second kappa shape index (κ2) is 11.1. The van der Waals surface area contributed by atoms with Crippen molar-refractivity contribution in [2.45, 2.75) is 12.8 Å². The standard InChI is InChI=1S/C10H12BrNO3.C10H10BrNO2/c1-15-9-6-7(11)2-3-8(9)12-5-4-10(13)14;1-14-9-5-6(11)4-7-8(13)2-3-12-10(7)9/h2-3,6,12H,4-5H2,1H3,(H,13,14);4-5,12H,2-3H2,1H3. The molecule has 2 aromatic rings. The fourth-order valence-electron chi connectivity index (χ4n) is 2.70. The first-order valence-corrected chi connectivity index (χ1v) is 10.4. The molecule has 0 radical (unpaired) electrons. The monoisotopic (exact) mass is 528 g/mol. The van der Waals surface area contributed by atoms with Gasteiger partial charge in [-0.1, -0.05) is 31.9 Å². The molecule has 156 valence electrons. The molecule has 0 fully saturated rings. The van der Waals surface area contributed by atoms with E-state index in [-0.39, 0.29) is 12.2 Å². The van der Waals surface area contributed by atoms with E-state index in [1.165, 1.54) is 0 Å². The summed E-state index contributed by atoms with van der Waals surface area (Å²) in [7, 11) is 3.17. The number of carboxylic acid groups (broad SMARTS) is 1. The third-order valence-electron chi connectivity index (χ3n) is 4.06. The zero-order valence-corrected chi connectivity index (χ0v) is 19.2. The highest BCUT2D eigenvalue weighted by molar-refractivity contribution is 9.10. The normalized spacial score (nSPS) is 12.1. The maximum Gasteiger partial charge on any atom is 0.305 e. The van der Waals surface area contributed by atoms with Crippen LogP contribution in [0, 0.1) is 0 Å². The van der Waals surface area contributed by atoms with Crippen molar-refractivity contribution in [3.63, 3.8) is 0 Å². The zero-order valence-electron chi connectivity index (χ0n) is 16.1. The van der Waals surface area contributed by atoms with E-state index in [2.05, 4.69) is 42.5 Å². The SMILES string of the molecule is COc1cc(Br)cc2c1NCCC2=O.COc1cc(Br)ccc1NCCC(=O)O. The Hall–Kier alpha value is -2.26. The van der Waals surface area contributed by atoms with Crippen LogP contribution in [0.4, 0.5) is 11.4 Å². The van der Waals surface area contributed by atoms with Gasteiger partial charge in [-0.15, -0.1) is 0 Å². The minimum absolute atomic E-state index is 0.0826. The van der Waals surface area contributed by atoms with Gasteiger partial charge in [0.25, 0.3) is 0 Å². The highest BCUT2D eigenvalue weighted by Gasteiger charge is 2.20. The minimum atomic E-state index is -0.821. The van der Waals surface area contributed by atoms with E-state index in [0.29, 0.717) is 36.6 Å². The summed E-state index contributed by atoms with van der Waals surface area (Å²) >= 11 is 6.68. The van der Waals surface area contributed by atoms with E-state index in [0.717, 1.165) is 20.3 Å². The molecule has 0 saturated heterocycles. The Morgan fingerprint density at radius 3 is 2.48 bits per heavy atom. The van der Waals surface area contributed by atoms with Crippen molar-refractivity contribution in [3.05, 3.63) is 44.8 Å². The molecule has 1 aliphatic heterocycles. The number of ketones is 1. The van der Waals surface area contributed by atoms with Crippen molar-refractivity contribution in [1.82, 2.24) is 0 Å². The molecule has 2 aromatic carbocycles. The van der Waals surface area contributed by atoms with Gasteiger partial charge >= 0.3 is 5.97 Å². The van der Waals surface area contributed by atoms with Gasteiger partial charge in [-0.25, -0.2) is 0 Å². The second-order valence-corrected chi connectivity index (χ2v) is 7.88. The van der Waals surface area contributed by atoms with Crippen LogP contribution in [0.5, 0.6) is 11.5 Å². The molecule has 0 amide bonds. The van der Waals surface area contributed by atoms with Crippen molar-refractivity contribution in [2.24, 2.45) is 0 Å². The molecule has 0 aliphatic carbocycles. The van der Waals surface area contributed by atoms with Crippen LogP contribution >= 0.6 is 31.9 Å². The van der Waals surface area contributed by atoms with Gasteiger partial charge in [0.1, 0.15) is 11.5 Å². The first kappa shape index (κ1) is 23.0. The number of nitrogens with one attached hydrogen (secondary N) is 2. The number of anilines is 2. The number of aliphatic carboxylic acids is 1. The van der Waals surface area contributed by atoms with Crippen molar-refractivity contribution >= 4 is 55.0 Å². The van der Waals surface area contributed by atoms with Gasteiger partial charge in [0.2, 0.25) is 0 Å². The smallest absolute Gasteiger partial charge is 0.305 e. The number of carbonyl (C=O) groups excluding carboxylic acids is 1. The first-order chi connectivity index (χ1) is 13.8. The van der Waals surface area contributed by atoms with Crippen molar-refractivity contribution < 1.29 is 24.2 Å². The minimum Gasteiger partial charge on any atom is -0.495 e. The number of carboxylic acids is 1. The van der Waals surface area contributed by atoms with Gasteiger partial charge < -0.3 is 25.2 Å². The Kier molecular flexibility index (Phi) is 8.78.